The van der Waals surface area contributed by atoms with Crippen molar-refractivity contribution in [3.63, 3.8) is 0 Å². The second-order valence-corrected chi connectivity index (χ2v) is 12.8. The minimum absolute atomic E-state index is 0.0413. The van der Waals surface area contributed by atoms with Crippen LogP contribution in [-0.2, 0) is 23.1 Å². The molecule has 1 N–H and O–H groups in total. The Hall–Kier alpha value is -0.0100. The quantitative estimate of drug-likeness (QED) is 0.0663. The molecule has 3 atom stereocenters. The van der Waals surface area contributed by atoms with Crippen LogP contribution in [0.25, 0.3) is 0 Å². The Labute approximate surface area is 223 Å². The maximum absolute atomic E-state index is 12.2. The highest BCUT2D eigenvalue weighted by Crippen LogP contribution is 2.44. The van der Waals surface area contributed by atoms with E-state index in [1.165, 1.54) is 96.3 Å². The Morgan fingerprint density at radius 1 is 0.750 bits per heavy atom. The van der Waals surface area contributed by atoms with E-state index in [4.69, 9.17) is 18.5 Å². The van der Waals surface area contributed by atoms with Crippen LogP contribution in [0.15, 0.2) is 0 Å². The normalized spacial score (nSPS) is 15.6. The molecule has 7 nitrogen and oxygen atoms in total. The van der Waals surface area contributed by atoms with Crippen LogP contribution in [0.4, 0.5) is 0 Å². The summed E-state index contributed by atoms with van der Waals surface area (Å²) in [6, 6.07) is 0. The van der Waals surface area contributed by atoms with Crippen molar-refractivity contribution in [1.82, 2.24) is 0 Å². The Balaban J connectivity index is 3.57. The smallest absolute Gasteiger partial charge is 0.379 e. The average molecular weight is 539 g/mol. The fourth-order valence-corrected chi connectivity index (χ4v) is 5.33. The molecule has 0 aromatic rings. The van der Waals surface area contributed by atoms with Crippen LogP contribution in [0.1, 0.15) is 117 Å². The van der Waals surface area contributed by atoms with Crippen molar-refractivity contribution in [3.8, 4) is 0 Å². The summed E-state index contributed by atoms with van der Waals surface area (Å²) >= 11 is 0. The van der Waals surface area contributed by atoms with Crippen LogP contribution in [0.5, 0.6) is 0 Å². The summed E-state index contributed by atoms with van der Waals surface area (Å²) in [5.74, 6) is 0. The van der Waals surface area contributed by atoms with E-state index >= 15 is 0 Å². The Bertz CT molecular complexity index is 529. The topological polar surface area (TPSA) is 74.2 Å². The molecule has 0 heterocycles. The van der Waals surface area contributed by atoms with Gasteiger partial charge in [-0.25, -0.2) is 4.57 Å². The maximum Gasteiger partial charge on any atom is 0.472 e. The molecule has 0 aliphatic heterocycles. The molecule has 0 aliphatic carbocycles. The molecular formula is C28H61NO6P+. The van der Waals surface area contributed by atoms with E-state index < -0.39 is 20.0 Å². The lowest BCUT2D eigenvalue weighted by atomic mass is 10.0. The van der Waals surface area contributed by atoms with Crippen LogP contribution >= 0.6 is 7.82 Å². The molecule has 36 heavy (non-hydrogen) atoms. The number of hydrogen-bond acceptors (Lipinski definition) is 5. The van der Waals surface area contributed by atoms with E-state index in [0.717, 1.165) is 6.42 Å². The molecule has 0 rings (SSSR count). The predicted octanol–water partition coefficient (Wildman–Crippen LogP) is 7.51. The number of methoxy groups -OCH3 is 1. The van der Waals surface area contributed by atoms with E-state index in [1.807, 2.05) is 21.1 Å². The summed E-state index contributed by atoms with van der Waals surface area (Å²) in [4.78, 5) is 9.96. The largest absolute Gasteiger partial charge is 0.472 e. The zero-order valence-corrected chi connectivity index (χ0v) is 25.6. The highest BCUT2D eigenvalue weighted by atomic mass is 31.2. The molecule has 218 valence electrons. The number of nitrogens with zero attached hydrogens (tertiary/aromatic N) is 1. The van der Waals surface area contributed by atoms with E-state index in [-0.39, 0.29) is 6.61 Å². The van der Waals surface area contributed by atoms with Crippen molar-refractivity contribution in [2.75, 3.05) is 54.6 Å². The van der Waals surface area contributed by atoms with Crippen molar-refractivity contribution < 1.29 is 32.5 Å². The van der Waals surface area contributed by atoms with Crippen molar-refractivity contribution in [3.05, 3.63) is 0 Å². The first-order chi connectivity index (χ1) is 17.1. The Morgan fingerprint density at radius 3 is 1.61 bits per heavy atom. The van der Waals surface area contributed by atoms with Crippen molar-refractivity contribution in [1.29, 1.82) is 0 Å². The zero-order chi connectivity index (χ0) is 27.1. The number of quaternary nitrogens is 1. The third-order valence-electron chi connectivity index (χ3n) is 6.32. The molecular weight excluding hydrogens is 477 g/mol. The third kappa shape index (κ3) is 25.6. The number of ether oxygens (including phenoxy) is 2. The number of rotatable bonds is 27. The van der Waals surface area contributed by atoms with Crippen LogP contribution < -0.4 is 0 Å². The molecule has 0 aromatic heterocycles. The summed E-state index contributed by atoms with van der Waals surface area (Å²) in [6.07, 6.45) is 20.8. The van der Waals surface area contributed by atoms with Crippen LogP contribution in [0.2, 0.25) is 0 Å². The van der Waals surface area contributed by atoms with Gasteiger partial charge in [0.05, 0.1) is 34.4 Å². The summed E-state index contributed by atoms with van der Waals surface area (Å²) < 4.78 is 34.2. The number of unbranched alkanes of at least 4 members (excludes halogenated alkanes) is 15. The molecule has 0 radical (unpaired) electrons. The number of phosphoric ester groups is 1. The molecule has 0 fully saturated rings. The first-order valence-electron chi connectivity index (χ1n) is 14.7. The van der Waals surface area contributed by atoms with Gasteiger partial charge in [0.2, 0.25) is 0 Å². The summed E-state index contributed by atoms with van der Waals surface area (Å²) in [7, 11) is 3.43. The highest BCUT2D eigenvalue weighted by Gasteiger charge is 2.28. The molecule has 1 unspecified atom stereocenters. The molecule has 0 aromatic carbocycles. The minimum atomic E-state index is -4.13. The van der Waals surface area contributed by atoms with Gasteiger partial charge in [-0.05, 0) is 13.3 Å². The van der Waals surface area contributed by atoms with E-state index in [0.29, 0.717) is 24.2 Å². The molecule has 8 heteroatoms. The number of likely N-dealkylation sites (N-methyl/N-ethyl adjacent to an activating group) is 1. The SMILES string of the molecule is CCCCCCCCCCCCCCCCCCOC[C@H](COP(=O)(O)O[C@@H](C)C[N+](C)(C)C)OC. The zero-order valence-electron chi connectivity index (χ0n) is 24.7. The third-order valence-corrected chi connectivity index (χ3v) is 7.42. The van der Waals surface area contributed by atoms with Crippen molar-refractivity contribution >= 4 is 7.82 Å². The second kappa shape index (κ2) is 22.9. The molecule has 0 aliphatic rings. The van der Waals surface area contributed by atoms with E-state index in [2.05, 4.69) is 6.92 Å². The van der Waals surface area contributed by atoms with Crippen LogP contribution in [0.3, 0.4) is 0 Å². The fourth-order valence-electron chi connectivity index (χ4n) is 4.39. The maximum atomic E-state index is 12.2. The molecule has 0 amide bonds. The van der Waals surface area contributed by atoms with Gasteiger partial charge < -0.3 is 18.9 Å². The first-order valence-corrected chi connectivity index (χ1v) is 16.2. The minimum Gasteiger partial charge on any atom is -0.379 e. The van der Waals surface area contributed by atoms with Gasteiger partial charge in [0.15, 0.2) is 0 Å². The van der Waals surface area contributed by atoms with Gasteiger partial charge >= 0.3 is 7.82 Å². The molecule has 0 spiro atoms. The Morgan fingerprint density at radius 2 is 1.19 bits per heavy atom. The van der Waals surface area contributed by atoms with Gasteiger partial charge in [-0.2, -0.15) is 0 Å². The van der Waals surface area contributed by atoms with Crippen LogP contribution in [0, 0.1) is 0 Å². The van der Waals surface area contributed by atoms with Gasteiger partial charge in [0, 0.05) is 13.7 Å². The van der Waals surface area contributed by atoms with E-state index in [9.17, 15) is 9.46 Å². The first kappa shape index (κ1) is 36.0. The van der Waals surface area contributed by atoms with Gasteiger partial charge in [-0.1, -0.05) is 103 Å². The van der Waals surface area contributed by atoms with E-state index in [1.54, 1.807) is 14.0 Å². The molecule has 0 bridgehead atoms. The molecule has 0 saturated heterocycles. The van der Waals surface area contributed by atoms with Gasteiger partial charge in [-0.15, -0.1) is 0 Å². The van der Waals surface area contributed by atoms with Gasteiger partial charge in [-0.3, -0.25) is 9.05 Å². The van der Waals surface area contributed by atoms with Gasteiger partial charge in [0.1, 0.15) is 18.8 Å². The Kier molecular flexibility index (Phi) is 22.9. The monoisotopic (exact) mass is 538 g/mol. The highest BCUT2D eigenvalue weighted by molar-refractivity contribution is 7.47. The number of hydrogen-bond donors (Lipinski definition) is 1. The summed E-state index contributed by atoms with van der Waals surface area (Å²) in [5.41, 5.74) is 0. The lowest BCUT2D eigenvalue weighted by Gasteiger charge is -2.28. The standard InChI is InChI=1S/C28H60NO6P/c1-7-8-9-10-11-12-13-14-15-16-17-18-19-20-21-22-23-33-25-28(32-6)26-34-36(30,31)35-27(2)24-29(3,4)5/h27-28H,7-26H2,1-6H3/p+1/t27-,28+/m0/s1. The number of phosphoric acid groups is 1. The lowest BCUT2D eigenvalue weighted by Crippen LogP contribution is -2.41. The summed E-state index contributed by atoms with van der Waals surface area (Å²) in [5, 5.41) is 0. The predicted molar refractivity (Wildman–Crippen MR) is 150 cm³/mol. The average Bonchev–Trinajstić information content (AvgIpc) is 2.78. The van der Waals surface area contributed by atoms with Crippen LogP contribution in [-0.4, -0.2) is 76.2 Å². The summed E-state index contributed by atoms with van der Waals surface area (Å²) in [6.45, 7) is 5.61. The lowest BCUT2D eigenvalue weighted by molar-refractivity contribution is -0.873. The van der Waals surface area contributed by atoms with Crippen molar-refractivity contribution in [2.24, 2.45) is 0 Å². The fraction of sp³-hybridized carbons (Fsp3) is 1.00. The second-order valence-electron chi connectivity index (χ2n) is 11.4. The van der Waals surface area contributed by atoms with Gasteiger partial charge in [0.25, 0.3) is 0 Å². The molecule has 0 saturated carbocycles. The van der Waals surface area contributed by atoms with Crippen molar-refractivity contribution in [2.45, 2.75) is 129 Å².